The minimum absolute atomic E-state index is 0.104. The van der Waals surface area contributed by atoms with Gasteiger partial charge in [0, 0.05) is 11.6 Å². The van der Waals surface area contributed by atoms with Crippen molar-refractivity contribution >= 4 is 34.8 Å². The monoisotopic (exact) mass is 322 g/mol. The lowest BCUT2D eigenvalue weighted by molar-refractivity contribution is -0.117. The second-order valence-electron chi connectivity index (χ2n) is 4.83. The molecule has 0 fully saturated rings. The molecule has 0 aromatic heterocycles. The van der Waals surface area contributed by atoms with Crippen LogP contribution >= 0.6 is 23.2 Å². The summed E-state index contributed by atoms with van der Waals surface area (Å²) in [6, 6.07) is 14.8. The average Bonchev–Trinajstić information content (AvgIpc) is 2.41. The van der Waals surface area contributed by atoms with Crippen LogP contribution in [0.25, 0.3) is 0 Å². The number of nitrogens with zero attached hydrogens (tertiary/aromatic N) is 1. The maximum Gasteiger partial charge on any atom is 0.238 e. The predicted octanol–water partition coefficient (Wildman–Crippen LogP) is 4.06. The Labute approximate surface area is 134 Å². The fraction of sp³-hybridized carbons (Fsp3) is 0.188. The Morgan fingerprint density at radius 1 is 1.14 bits per heavy atom. The van der Waals surface area contributed by atoms with E-state index in [1.807, 2.05) is 48.3 Å². The van der Waals surface area contributed by atoms with Gasteiger partial charge in [0.2, 0.25) is 5.91 Å². The number of rotatable bonds is 5. The van der Waals surface area contributed by atoms with Crippen LogP contribution in [0.4, 0.5) is 5.69 Å². The van der Waals surface area contributed by atoms with Gasteiger partial charge < -0.3 is 5.32 Å². The van der Waals surface area contributed by atoms with Crippen LogP contribution in [0, 0.1) is 0 Å². The van der Waals surface area contributed by atoms with Crippen molar-refractivity contribution in [2.75, 3.05) is 18.9 Å². The van der Waals surface area contributed by atoms with Crippen LogP contribution in [-0.2, 0) is 11.3 Å². The number of carbonyl (C=O) groups is 1. The molecule has 3 nitrogen and oxygen atoms in total. The van der Waals surface area contributed by atoms with E-state index in [4.69, 9.17) is 23.2 Å². The van der Waals surface area contributed by atoms with Crippen molar-refractivity contribution in [3.05, 3.63) is 64.1 Å². The van der Waals surface area contributed by atoms with Crippen molar-refractivity contribution < 1.29 is 4.79 Å². The molecule has 21 heavy (non-hydrogen) atoms. The molecule has 0 aliphatic carbocycles. The number of likely N-dealkylation sites (N-methyl/N-ethyl adjacent to an activating group) is 1. The van der Waals surface area contributed by atoms with Crippen molar-refractivity contribution in [3.63, 3.8) is 0 Å². The number of hydrogen-bond acceptors (Lipinski definition) is 2. The quantitative estimate of drug-likeness (QED) is 0.900. The first kappa shape index (κ1) is 15.8. The third-order valence-electron chi connectivity index (χ3n) is 2.90. The number of amides is 1. The molecule has 0 saturated heterocycles. The zero-order valence-corrected chi connectivity index (χ0v) is 13.2. The number of benzene rings is 2. The molecule has 0 saturated carbocycles. The Kier molecular flexibility index (Phi) is 5.62. The first-order valence-corrected chi connectivity index (χ1v) is 7.27. The normalized spacial score (nSPS) is 10.7. The van der Waals surface area contributed by atoms with Gasteiger partial charge in [-0.3, -0.25) is 9.69 Å². The van der Waals surface area contributed by atoms with E-state index in [0.29, 0.717) is 22.3 Å². The number of anilines is 1. The van der Waals surface area contributed by atoms with E-state index in [-0.39, 0.29) is 12.5 Å². The standard InChI is InChI=1S/C16H16Cl2N2O/c1-20(10-12-5-4-6-13(17)9-12)11-16(21)19-15-8-3-2-7-14(15)18/h2-9H,10-11H2,1H3,(H,19,21). The molecule has 0 aliphatic rings. The summed E-state index contributed by atoms with van der Waals surface area (Å²) in [5.74, 6) is -0.104. The SMILES string of the molecule is CN(CC(=O)Nc1ccccc1Cl)Cc1cccc(Cl)c1. The van der Waals surface area contributed by atoms with E-state index >= 15 is 0 Å². The Hall–Kier alpha value is -1.55. The highest BCUT2D eigenvalue weighted by molar-refractivity contribution is 6.33. The second-order valence-corrected chi connectivity index (χ2v) is 5.67. The summed E-state index contributed by atoms with van der Waals surface area (Å²) in [6.07, 6.45) is 0. The van der Waals surface area contributed by atoms with Gasteiger partial charge in [-0.15, -0.1) is 0 Å². The van der Waals surface area contributed by atoms with E-state index in [0.717, 1.165) is 5.56 Å². The fourth-order valence-corrected chi connectivity index (χ4v) is 2.40. The largest absolute Gasteiger partial charge is 0.324 e. The van der Waals surface area contributed by atoms with Crippen molar-refractivity contribution in [3.8, 4) is 0 Å². The molecule has 0 aliphatic heterocycles. The van der Waals surface area contributed by atoms with Crippen LogP contribution in [0.5, 0.6) is 0 Å². The third-order valence-corrected chi connectivity index (χ3v) is 3.47. The molecule has 0 bridgehead atoms. The Bertz CT molecular complexity index is 631. The highest BCUT2D eigenvalue weighted by Crippen LogP contribution is 2.20. The maximum atomic E-state index is 12.0. The summed E-state index contributed by atoms with van der Waals surface area (Å²) < 4.78 is 0. The lowest BCUT2D eigenvalue weighted by atomic mass is 10.2. The molecular formula is C16H16Cl2N2O. The zero-order chi connectivity index (χ0) is 15.2. The van der Waals surface area contributed by atoms with Crippen LogP contribution in [0.15, 0.2) is 48.5 Å². The van der Waals surface area contributed by atoms with Crippen molar-refractivity contribution in [2.45, 2.75) is 6.54 Å². The second kappa shape index (κ2) is 7.46. The molecule has 1 amide bonds. The molecule has 0 atom stereocenters. The molecule has 0 heterocycles. The fourth-order valence-electron chi connectivity index (χ4n) is 2.00. The lowest BCUT2D eigenvalue weighted by Gasteiger charge is -2.16. The van der Waals surface area contributed by atoms with Gasteiger partial charge in [-0.1, -0.05) is 47.5 Å². The summed E-state index contributed by atoms with van der Waals surface area (Å²) >= 11 is 12.0. The van der Waals surface area contributed by atoms with Gasteiger partial charge in [0.15, 0.2) is 0 Å². The number of halogens is 2. The van der Waals surface area contributed by atoms with Gasteiger partial charge in [0.05, 0.1) is 17.3 Å². The van der Waals surface area contributed by atoms with Gasteiger partial charge in [0.1, 0.15) is 0 Å². The smallest absolute Gasteiger partial charge is 0.238 e. The molecule has 5 heteroatoms. The van der Waals surface area contributed by atoms with Gasteiger partial charge in [-0.05, 0) is 36.9 Å². The minimum Gasteiger partial charge on any atom is -0.324 e. The number of para-hydroxylation sites is 1. The lowest BCUT2D eigenvalue weighted by Crippen LogP contribution is -2.29. The van der Waals surface area contributed by atoms with Gasteiger partial charge in [-0.25, -0.2) is 0 Å². The molecule has 0 spiro atoms. The van der Waals surface area contributed by atoms with Crippen molar-refractivity contribution in [1.82, 2.24) is 4.90 Å². The number of nitrogens with one attached hydrogen (secondary N) is 1. The molecule has 2 aromatic carbocycles. The van der Waals surface area contributed by atoms with E-state index in [1.165, 1.54) is 0 Å². The van der Waals surface area contributed by atoms with Gasteiger partial charge in [-0.2, -0.15) is 0 Å². The van der Waals surface area contributed by atoms with Gasteiger partial charge in [0.25, 0.3) is 0 Å². The van der Waals surface area contributed by atoms with E-state index < -0.39 is 0 Å². The summed E-state index contributed by atoms with van der Waals surface area (Å²) in [5.41, 5.74) is 1.69. The summed E-state index contributed by atoms with van der Waals surface area (Å²) in [4.78, 5) is 13.9. The summed E-state index contributed by atoms with van der Waals surface area (Å²) in [7, 11) is 1.88. The molecule has 2 aromatic rings. The topological polar surface area (TPSA) is 32.3 Å². The molecular weight excluding hydrogens is 307 g/mol. The Morgan fingerprint density at radius 2 is 1.90 bits per heavy atom. The van der Waals surface area contributed by atoms with Crippen LogP contribution in [0.2, 0.25) is 10.0 Å². The van der Waals surface area contributed by atoms with E-state index in [1.54, 1.807) is 12.1 Å². The van der Waals surface area contributed by atoms with Crippen LogP contribution in [0.3, 0.4) is 0 Å². The summed E-state index contributed by atoms with van der Waals surface area (Å²) in [5, 5.41) is 4.03. The molecule has 2 rings (SSSR count). The molecule has 0 unspecified atom stereocenters. The van der Waals surface area contributed by atoms with Crippen molar-refractivity contribution in [2.24, 2.45) is 0 Å². The molecule has 0 radical (unpaired) electrons. The highest BCUT2D eigenvalue weighted by atomic mass is 35.5. The minimum atomic E-state index is -0.104. The van der Waals surface area contributed by atoms with Crippen molar-refractivity contribution in [1.29, 1.82) is 0 Å². The first-order chi connectivity index (χ1) is 10.0. The Balaban J connectivity index is 1.89. The van der Waals surface area contributed by atoms with Crippen LogP contribution in [0.1, 0.15) is 5.56 Å². The predicted molar refractivity (Wildman–Crippen MR) is 87.9 cm³/mol. The number of carbonyl (C=O) groups excluding carboxylic acids is 1. The zero-order valence-electron chi connectivity index (χ0n) is 11.6. The average molecular weight is 323 g/mol. The van der Waals surface area contributed by atoms with E-state index in [2.05, 4.69) is 5.32 Å². The van der Waals surface area contributed by atoms with Gasteiger partial charge >= 0.3 is 0 Å². The molecule has 1 N–H and O–H groups in total. The first-order valence-electron chi connectivity index (χ1n) is 6.52. The van der Waals surface area contributed by atoms with E-state index in [9.17, 15) is 4.79 Å². The summed E-state index contributed by atoms with van der Waals surface area (Å²) in [6.45, 7) is 0.925. The molecule has 110 valence electrons. The third kappa shape index (κ3) is 5.05. The number of hydrogen-bond donors (Lipinski definition) is 1. The highest BCUT2D eigenvalue weighted by Gasteiger charge is 2.09. The van der Waals surface area contributed by atoms with Crippen LogP contribution in [-0.4, -0.2) is 24.4 Å². The maximum absolute atomic E-state index is 12.0. The Morgan fingerprint density at radius 3 is 2.62 bits per heavy atom. The van der Waals surface area contributed by atoms with Crippen LogP contribution < -0.4 is 5.32 Å².